The molecule has 0 bridgehead atoms. The van der Waals surface area contributed by atoms with Gasteiger partial charge in [-0.1, -0.05) is 31.5 Å². The van der Waals surface area contributed by atoms with Gasteiger partial charge in [-0.3, -0.25) is 62.0 Å². The molecule has 0 aliphatic carbocycles. The number of aromatic nitrogens is 12. The zero-order valence-corrected chi connectivity index (χ0v) is 75.7. The molecule has 6 aromatic heterocycles. The molecule has 0 fully saturated rings. The minimum Gasteiger partial charge on any atom is -0.412 e. The maximum atomic E-state index is 12.7. The molecule has 6 aromatic rings. The van der Waals surface area contributed by atoms with E-state index >= 15 is 0 Å². The number of nitriles is 2. The average molecular weight is 1820 g/mol. The zero-order chi connectivity index (χ0) is 89.7. The smallest absolute Gasteiger partial charge is 0.331 e. The van der Waals surface area contributed by atoms with Crippen LogP contribution in [0, 0.1) is 42.4 Å². The number of fused-ring (bicyclic) bond motifs is 3. The van der Waals surface area contributed by atoms with E-state index < -0.39 is 43.5 Å². The molecular weight excluding hydrogens is 1690 g/mol. The number of H-pyrrole nitrogens is 2. The summed E-state index contributed by atoms with van der Waals surface area (Å²) in [7, 11) is -16.3. The summed E-state index contributed by atoms with van der Waals surface area (Å²) in [6, 6.07) is 3.95. The van der Waals surface area contributed by atoms with Gasteiger partial charge in [0.15, 0.2) is 33.1 Å². The fraction of sp³-hybridized carbons (Fsp3) is 0.681. The standard InChI is InChI=1S/C16H25ClN7O3P.C16H26N7O4P.C12H18N7O4P.C11H23N2O4P.C8H20NO4P.C4H5N.C2H6.H2O/c1-4-26-28(25,27-5-2)11-10-23(7-6-19-3)8-9-24-12-20-13-14(17)21-16(18)22-15(13)24;1-4-26-28(25,27-5-2)11-10-22(7-6-18-3)8-9-23-12-19-13-14(23)20-16(17)21-15(13)24;1-14-2-3-18(6-7-24(21,22)23)4-5-19-8-15-9-10(19)16-12(13)17-11(9)20;1-3-16-18(15,17-4-2)11-9-13(8-10-14)7-5-6-12;1-3-12-14(11,13-4-2)8-6-9-5-7-10;1-2-3-4-5;1-2;/h12H,4-11H2,1-2H3,(H2,18,21,22);12H,4-11H2,1-2H3,(H3,17,20,21,24);8H,2-7H2,(H2,21,22,23)(H3,13,16,17,20);14H,3-5,7-11H2,1-2H3;9-10H,3-8H2,1-2H3;2H,1,3H2;1-2H3;1H2. The molecule has 0 aliphatic heterocycles. The van der Waals surface area contributed by atoms with Crippen molar-refractivity contribution in [3.8, 4) is 12.1 Å². The van der Waals surface area contributed by atoms with Gasteiger partial charge in [0, 0.05) is 98.0 Å². The van der Waals surface area contributed by atoms with Crippen LogP contribution < -0.4 is 33.6 Å². The molecule has 51 heteroatoms. The van der Waals surface area contributed by atoms with Crippen LogP contribution in [0.4, 0.5) is 17.8 Å². The van der Waals surface area contributed by atoms with Crippen molar-refractivity contribution in [3.63, 3.8) is 0 Å². The van der Waals surface area contributed by atoms with E-state index in [1.807, 2.05) is 45.3 Å². The van der Waals surface area contributed by atoms with Crippen LogP contribution in [-0.4, -0.2) is 312 Å². The molecule has 0 aliphatic rings. The lowest BCUT2D eigenvalue weighted by molar-refractivity contribution is 0.191. The highest BCUT2D eigenvalue weighted by Crippen LogP contribution is 2.50. The first kappa shape index (κ1) is 115. The number of aliphatic hydroxyl groups is 2. The third-order valence-corrected chi connectivity index (χ3v) is 24.7. The summed E-state index contributed by atoms with van der Waals surface area (Å²) in [6.45, 7) is 54.3. The number of aliphatic hydroxyl groups excluding tert-OH is 2. The number of imidazole rings is 3. The highest BCUT2D eigenvalue weighted by atomic mass is 35.5. The van der Waals surface area contributed by atoms with Crippen LogP contribution in [0.25, 0.3) is 48.0 Å². The molecule has 15 N–H and O–H groups in total. The van der Waals surface area contributed by atoms with Crippen molar-refractivity contribution >= 4 is 101 Å². The van der Waals surface area contributed by atoms with Crippen LogP contribution in [0.3, 0.4) is 0 Å². The number of halogens is 1. The van der Waals surface area contributed by atoms with Crippen LogP contribution in [0.15, 0.2) is 41.2 Å². The van der Waals surface area contributed by atoms with Crippen molar-refractivity contribution in [3.05, 3.63) is 91.7 Å². The number of nitrogens with two attached hydrogens (primary N) is 3. The fourth-order valence-corrected chi connectivity index (χ4v) is 17.4. The number of allylic oxidation sites excluding steroid dienone is 1. The molecule has 0 aromatic carbocycles. The van der Waals surface area contributed by atoms with E-state index in [0.29, 0.717) is 212 Å². The van der Waals surface area contributed by atoms with E-state index in [4.69, 9.17) is 115 Å². The predicted molar refractivity (Wildman–Crippen MR) is 463 cm³/mol. The second kappa shape index (κ2) is 66.2. The van der Waals surface area contributed by atoms with Crippen molar-refractivity contribution < 1.29 is 84.5 Å². The molecule has 678 valence electrons. The Morgan fingerprint density at radius 1 is 0.508 bits per heavy atom. The third-order valence-electron chi connectivity index (χ3n) is 15.4. The van der Waals surface area contributed by atoms with E-state index in [1.165, 1.54) is 12.7 Å². The lowest BCUT2D eigenvalue weighted by atomic mass is 10.4. The lowest BCUT2D eigenvalue weighted by Gasteiger charge is -2.23. The molecular formula is C69H125ClN25O20P5. The first-order chi connectivity index (χ1) is 56.8. The second-order valence-corrected chi connectivity index (χ2v) is 34.8. The highest BCUT2D eigenvalue weighted by Gasteiger charge is 2.29. The fourth-order valence-electron chi connectivity index (χ4n) is 10.2. The van der Waals surface area contributed by atoms with Gasteiger partial charge in [-0.25, -0.2) is 34.7 Å². The summed E-state index contributed by atoms with van der Waals surface area (Å²) < 4.78 is 107. The summed E-state index contributed by atoms with van der Waals surface area (Å²) in [5, 5.41) is 36.8. The third kappa shape index (κ3) is 47.8. The molecule has 120 heavy (non-hydrogen) atoms. The summed E-state index contributed by atoms with van der Waals surface area (Å²) in [5.74, 6) is 0.0950. The van der Waals surface area contributed by atoms with Crippen LogP contribution >= 0.6 is 49.6 Å². The van der Waals surface area contributed by atoms with Gasteiger partial charge in [0.1, 0.15) is 5.52 Å². The molecule has 6 rings (SSSR count). The maximum absolute atomic E-state index is 12.7. The van der Waals surface area contributed by atoms with Crippen LogP contribution in [0.5, 0.6) is 0 Å². The van der Waals surface area contributed by atoms with Crippen molar-refractivity contribution in [2.45, 2.75) is 102 Å². The minimum absolute atomic E-state index is 0. The van der Waals surface area contributed by atoms with Gasteiger partial charge in [-0.05, 0) is 55.4 Å². The topological polar surface area (TPSA) is 606 Å². The van der Waals surface area contributed by atoms with Gasteiger partial charge < -0.3 is 112 Å². The van der Waals surface area contributed by atoms with Gasteiger partial charge in [0.2, 0.25) is 37.5 Å². The minimum atomic E-state index is -4.10. The Kier molecular flexibility index (Phi) is 63.2. The molecule has 0 saturated carbocycles. The zero-order valence-electron chi connectivity index (χ0n) is 70.4. The number of nitrogen functional groups attached to an aromatic ring is 3. The van der Waals surface area contributed by atoms with Gasteiger partial charge in [-0.2, -0.15) is 30.5 Å². The Bertz CT molecular complexity index is 4410. The molecule has 0 atom stereocenters. The van der Waals surface area contributed by atoms with E-state index in [-0.39, 0.29) is 96.0 Å². The van der Waals surface area contributed by atoms with Crippen molar-refractivity contribution in [2.24, 2.45) is 0 Å². The molecule has 6 heterocycles. The van der Waals surface area contributed by atoms with Crippen LogP contribution in [0.2, 0.25) is 5.15 Å². The maximum Gasteiger partial charge on any atom is 0.331 e. The number of anilines is 3. The van der Waals surface area contributed by atoms with Crippen molar-refractivity contribution in [1.82, 2.24) is 83.5 Å². The number of hydrogen-bond acceptors (Lipinski definition) is 34. The quantitative estimate of drug-likeness (QED) is 0.00647. The first-order valence-corrected chi connectivity index (χ1v) is 47.7. The van der Waals surface area contributed by atoms with Gasteiger partial charge >= 0.3 is 38.0 Å². The second-order valence-electron chi connectivity index (χ2n) is 23.9. The number of hydrogen-bond donors (Lipinski definition) is 10. The number of nitrogens with one attached hydrogen (secondary N) is 3. The molecule has 0 radical (unpaired) electrons. The molecule has 0 saturated heterocycles. The Morgan fingerprint density at radius 2 is 0.842 bits per heavy atom. The molecule has 0 spiro atoms. The SMILES string of the molecule is C=CCC#N.CC.CCOP(=O)(CCN(CCO)CCC#N)OCC.CCOP(=O)(CCNCCO)OCC.O.[C-]#[N+]CCN(CCn1cnc2c(=O)[nH]c(N)nc21)CCP(=O)(O)O.[C-]#[N+]CCN(CCn1cnc2c(=O)[nH]c(N)nc21)CCP(=O)(OCC)OCC.[C-]#[N+]CCN(CCn1cnc2c(Cl)nc(N)nc21)CCP(=O)(OCC)OCC. The summed E-state index contributed by atoms with van der Waals surface area (Å²) in [4.78, 5) is 92.7. The lowest BCUT2D eigenvalue weighted by Crippen LogP contribution is -2.32. The van der Waals surface area contributed by atoms with E-state index in [2.05, 4.69) is 71.3 Å². The van der Waals surface area contributed by atoms with Crippen molar-refractivity contribution in [1.29, 1.82) is 10.5 Å². The monoisotopic (exact) mass is 1810 g/mol. The Morgan fingerprint density at radius 3 is 1.14 bits per heavy atom. The predicted octanol–water partition coefficient (Wildman–Crippen LogP) is 6.42. The highest BCUT2D eigenvalue weighted by molar-refractivity contribution is 7.54. The first-order valence-electron chi connectivity index (χ1n) is 38.6. The number of nitrogens with zero attached hydrogens (tertiary/aromatic N) is 19. The normalized spacial score (nSPS) is 11.4. The van der Waals surface area contributed by atoms with E-state index in [1.54, 1.807) is 81.8 Å². The molecule has 0 amide bonds. The van der Waals surface area contributed by atoms with Gasteiger partial charge in [0.05, 0.1) is 154 Å². The van der Waals surface area contributed by atoms with Crippen LogP contribution in [0.1, 0.15) is 82.1 Å². The largest absolute Gasteiger partial charge is 0.412 e. The summed E-state index contributed by atoms with van der Waals surface area (Å²) in [6.07, 6.45) is 7.87. The van der Waals surface area contributed by atoms with Gasteiger partial charge in [-0.15, -0.1) is 6.58 Å². The van der Waals surface area contributed by atoms with Crippen LogP contribution in [-0.2, 0) is 78.6 Å². The Balaban J connectivity index is 0. The molecule has 45 nitrogen and oxygen atoms in total. The van der Waals surface area contributed by atoms with Gasteiger partial charge in [0.25, 0.3) is 11.1 Å². The number of rotatable bonds is 53. The Labute approximate surface area is 707 Å². The number of aromatic amines is 2. The van der Waals surface area contributed by atoms with E-state index in [9.17, 15) is 32.4 Å². The Hall–Kier alpha value is -7.44. The van der Waals surface area contributed by atoms with E-state index in [0.717, 1.165) is 0 Å². The molecule has 0 unspecified atom stereocenters. The summed E-state index contributed by atoms with van der Waals surface area (Å²) in [5.41, 5.74) is 18.2. The summed E-state index contributed by atoms with van der Waals surface area (Å²) >= 11 is 6.06. The van der Waals surface area contributed by atoms with Crippen molar-refractivity contribution in [2.75, 3.05) is 225 Å². The average Bonchev–Trinajstić information content (AvgIpc) is 1.67.